The van der Waals surface area contributed by atoms with Crippen molar-refractivity contribution in [3.05, 3.63) is 41.8 Å². The van der Waals surface area contributed by atoms with E-state index in [1.807, 2.05) is 30.3 Å². The van der Waals surface area contributed by atoms with E-state index in [0.717, 1.165) is 38.4 Å². The lowest BCUT2D eigenvalue weighted by Gasteiger charge is -2.27. The Labute approximate surface area is 108 Å². The number of carbonyl (C=O) groups is 1. The molecule has 1 aliphatic rings. The number of nitrogens with zero attached hydrogens (tertiary/aromatic N) is 1. The van der Waals surface area contributed by atoms with E-state index in [-0.39, 0.29) is 5.91 Å². The Morgan fingerprint density at radius 1 is 1.22 bits per heavy atom. The number of amides is 1. The minimum Gasteiger partial charge on any atom is -0.379 e. The number of morpholine rings is 1. The number of benzene rings is 1. The summed E-state index contributed by atoms with van der Waals surface area (Å²) in [7, 11) is 0. The first-order valence-electron chi connectivity index (χ1n) is 6.28. The standard InChI is InChI=1S/C14H19N2O2/c15-14(17)13(12-4-2-1-3-5-12)6-7-16-8-10-18-11-9-16/h1-5H,6-11H2,(H2,15,17). The molecule has 97 valence electrons. The van der Waals surface area contributed by atoms with Crippen LogP contribution >= 0.6 is 0 Å². The molecule has 0 aromatic heterocycles. The van der Waals surface area contributed by atoms with Gasteiger partial charge in [-0.2, -0.15) is 0 Å². The monoisotopic (exact) mass is 247 g/mol. The van der Waals surface area contributed by atoms with E-state index in [4.69, 9.17) is 10.5 Å². The molecule has 1 saturated heterocycles. The van der Waals surface area contributed by atoms with Gasteiger partial charge in [-0.05, 0) is 18.5 Å². The minimum absolute atomic E-state index is 0.325. The van der Waals surface area contributed by atoms with Crippen molar-refractivity contribution in [1.82, 2.24) is 4.90 Å². The summed E-state index contributed by atoms with van der Waals surface area (Å²) in [5.74, 6) is 0.386. The second-order valence-electron chi connectivity index (χ2n) is 4.41. The maximum Gasteiger partial charge on any atom is 0.229 e. The van der Waals surface area contributed by atoms with Crippen molar-refractivity contribution < 1.29 is 9.53 Å². The lowest BCUT2D eigenvalue weighted by Crippen LogP contribution is -2.38. The summed E-state index contributed by atoms with van der Waals surface area (Å²) in [6.45, 7) is 4.27. The molecule has 18 heavy (non-hydrogen) atoms. The highest BCUT2D eigenvalue weighted by Gasteiger charge is 2.20. The summed E-state index contributed by atoms with van der Waals surface area (Å²) in [4.78, 5) is 13.8. The largest absolute Gasteiger partial charge is 0.379 e. The van der Waals surface area contributed by atoms with Crippen LogP contribution < -0.4 is 5.73 Å². The summed E-state index contributed by atoms with van der Waals surface area (Å²) in [5, 5.41) is 0. The molecule has 4 heteroatoms. The van der Waals surface area contributed by atoms with Gasteiger partial charge in [0.1, 0.15) is 0 Å². The SMILES string of the molecule is NC(=O)[C](CCN1CCOCC1)c1ccccc1. The van der Waals surface area contributed by atoms with Gasteiger partial charge in [0, 0.05) is 13.1 Å². The van der Waals surface area contributed by atoms with E-state index in [0.29, 0.717) is 12.3 Å². The Hall–Kier alpha value is -1.39. The molecule has 2 rings (SSSR count). The van der Waals surface area contributed by atoms with Crippen LogP contribution in [0.3, 0.4) is 0 Å². The Balaban J connectivity index is 1.92. The van der Waals surface area contributed by atoms with Crippen molar-refractivity contribution in [2.75, 3.05) is 32.8 Å². The Bertz CT molecular complexity index is 375. The third-order valence-corrected chi connectivity index (χ3v) is 3.20. The highest BCUT2D eigenvalue weighted by atomic mass is 16.5. The van der Waals surface area contributed by atoms with Crippen LogP contribution in [0.4, 0.5) is 0 Å². The number of primary amides is 1. The van der Waals surface area contributed by atoms with E-state index in [2.05, 4.69) is 4.90 Å². The van der Waals surface area contributed by atoms with Gasteiger partial charge in [0.25, 0.3) is 0 Å². The maximum atomic E-state index is 11.5. The molecule has 0 bridgehead atoms. The first kappa shape index (κ1) is 13.1. The van der Waals surface area contributed by atoms with Gasteiger partial charge < -0.3 is 10.5 Å². The van der Waals surface area contributed by atoms with Crippen molar-refractivity contribution in [3.63, 3.8) is 0 Å². The average Bonchev–Trinajstić information content (AvgIpc) is 2.41. The van der Waals surface area contributed by atoms with Crippen molar-refractivity contribution in [3.8, 4) is 0 Å². The molecular weight excluding hydrogens is 228 g/mol. The van der Waals surface area contributed by atoms with Gasteiger partial charge in [-0.15, -0.1) is 0 Å². The number of rotatable bonds is 5. The van der Waals surface area contributed by atoms with Crippen molar-refractivity contribution in [1.29, 1.82) is 0 Å². The van der Waals surface area contributed by atoms with Crippen molar-refractivity contribution >= 4 is 5.91 Å². The highest BCUT2D eigenvalue weighted by Crippen LogP contribution is 2.18. The fraction of sp³-hybridized carbons (Fsp3) is 0.429. The molecule has 4 nitrogen and oxygen atoms in total. The van der Waals surface area contributed by atoms with Crippen LogP contribution in [0.1, 0.15) is 12.0 Å². The predicted molar refractivity (Wildman–Crippen MR) is 69.9 cm³/mol. The van der Waals surface area contributed by atoms with Crippen LogP contribution in [0.15, 0.2) is 30.3 Å². The van der Waals surface area contributed by atoms with Crippen LogP contribution in [-0.4, -0.2) is 43.7 Å². The first-order chi connectivity index (χ1) is 8.77. The van der Waals surface area contributed by atoms with E-state index in [1.165, 1.54) is 0 Å². The fourth-order valence-corrected chi connectivity index (χ4v) is 2.14. The molecule has 0 unspecified atom stereocenters. The molecule has 1 radical (unpaired) electrons. The number of hydrogen-bond donors (Lipinski definition) is 1. The summed E-state index contributed by atoms with van der Waals surface area (Å²) in [6, 6.07) is 9.64. The van der Waals surface area contributed by atoms with Gasteiger partial charge in [-0.1, -0.05) is 30.3 Å². The molecule has 1 fully saturated rings. The van der Waals surface area contributed by atoms with Gasteiger partial charge >= 0.3 is 0 Å². The lowest BCUT2D eigenvalue weighted by atomic mass is 9.95. The molecule has 0 atom stereocenters. The Kier molecular flexibility index (Phi) is 4.73. The zero-order valence-electron chi connectivity index (χ0n) is 10.5. The summed E-state index contributed by atoms with van der Waals surface area (Å²) in [5.41, 5.74) is 6.39. The molecule has 1 amide bonds. The van der Waals surface area contributed by atoms with E-state index >= 15 is 0 Å². The van der Waals surface area contributed by atoms with Gasteiger partial charge in [-0.25, -0.2) is 0 Å². The van der Waals surface area contributed by atoms with E-state index in [9.17, 15) is 4.79 Å². The maximum absolute atomic E-state index is 11.5. The quantitative estimate of drug-likeness (QED) is 0.838. The van der Waals surface area contributed by atoms with Crippen LogP contribution in [0, 0.1) is 5.92 Å². The fourth-order valence-electron chi connectivity index (χ4n) is 2.14. The molecule has 2 N–H and O–H groups in total. The van der Waals surface area contributed by atoms with Crippen LogP contribution in [0.2, 0.25) is 0 Å². The molecule has 1 aromatic carbocycles. The molecular formula is C14H19N2O2. The zero-order chi connectivity index (χ0) is 12.8. The van der Waals surface area contributed by atoms with Crippen molar-refractivity contribution in [2.45, 2.75) is 6.42 Å². The second-order valence-corrected chi connectivity index (χ2v) is 4.41. The summed E-state index contributed by atoms with van der Waals surface area (Å²) in [6.07, 6.45) is 0.694. The summed E-state index contributed by atoms with van der Waals surface area (Å²) >= 11 is 0. The third kappa shape index (κ3) is 3.55. The average molecular weight is 247 g/mol. The molecule has 0 aliphatic carbocycles. The number of carbonyl (C=O) groups excluding carboxylic acids is 1. The molecule has 0 saturated carbocycles. The lowest BCUT2D eigenvalue weighted by molar-refractivity contribution is -0.116. The molecule has 1 heterocycles. The smallest absolute Gasteiger partial charge is 0.229 e. The van der Waals surface area contributed by atoms with Gasteiger partial charge in [0.15, 0.2) is 0 Å². The topological polar surface area (TPSA) is 55.6 Å². The molecule has 1 aromatic rings. The van der Waals surface area contributed by atoms with Crippen LogP contribution in [0.25, 0.3) is 0 Å². The predicted octanol–water partition coefficient (Wildman–Crippen LogP) is 0.817. The highest BCUT2D eigenvalue weighted by molar-refractivity contribution is 5.92. The van der Waals surface area contributed by atoms with Gasteiger partial charge in [-0.3, -0.25) is 9.69 Å². The number of ether oxygens (including phenoxy) is 1. The Morgan fingerprint density at radius 2 is 1.89 bits per heavy atom. The molecule has 1 aliphatic heterocycles. The first-order valence-corrected chi connectivity index (χ1v) is 6.28. The number of nitrogens with two attached hydrogens (primary N) is 1. The zero-order valence-corrected chi connectivity index (χ0v) is 10.5. The Morgan fingerprint density at radius 3 is 2.50 bits per heavy atom. The van der Waals surface area contributed by atoms with E-state index < -0.39 is 0 Å². The van der Waals surface area contributed by atoms with Crippen LogP contribution in [0.5, 0.6) is 0 Å². The normalized spacial score (nSPS) is 16.9. The minimum atomic E-state index is -0.325. The third-order valence-electron chi connectivity index (χ3n) is 3.20. The molecule has 0 spiro atoms. The van der Waals surface area contributed by atoms with E-state index in [1.54, 1.807) is 0 Å². The second kappa shape index (κ2) is 6.52. The van der Waals surface area contributed by atoms with Gasteiger partial charge in [0.2, 0.25) is 5.91 Å². The number of hydrogen-bond acceptors (Lipinski definition) is 3. The van der Waals surface area contributed by atoms with Crippen molar-refractivity contribution in [2.24, 2.45) is 5.73 Å². The summed E-state index contributed by atoms with van der Waals surface area (Å²) < 4.78 is 5.30. The van der Waals surface area contributed by atoms with Gasteiger partial charge in [0.05, 0.1) is 19.1 Å². The van der Waals surface area contributed by atoms with Crippen LogP contribution in [-0.2, 0) is 9.53 Å².